The maximum Gasteiger partial charge on any atom is 0.306 e. The quantitative estimate of drug-likeness (QED) is 0.878. The van der Waals surface area contributed by atoms with Gasteiger partial charge in [0.05, 0.1) is 5.92 Å². The predicted octanol–water partition coefficient (Wildman–Crippen LogP) is 3.73. The normalized spacial score (nSPS) is 14.9. The zero-order valence-corrected chi connectivity index (χ0v) is 10.1. The van der Waals surface area contributed by atoms with Crippen LogP contribution < -0.4 is 0 Å². The number of aliphatic carboxylic acids is 1. The summed E-state index contributed by atoms with van der Waals surface area (Å²) >= 11 is 1.68. The number of carboxylic acid groups (broad SMARTS) is 1. The molecule has 84 valence electrons. The highest BCUT2D eigenvalue weighted by atomic mass is 32.1. The number of fused-ring (bicyclic) bond motifs is 1. The first-order valence-corrected chi connectivity index (χ1v) is 6.18. The van der Waals surface area contributed by atoms with E-state index in [-0.39, 0.29) is 11.8 Å². The Morgan fingerprint density at radius 2 is 2.06 bits per heavy atom. The molecular weight excluding hydrogens is 220 g/mol. The summed E-state index contributed by atoms with van der Waals surface area (Å²) in [6.07, 6.45) is 0. The van der Waals surface area contributed by atoms with Crippen molar-refractivity contribution in [2.24, 2.45) is 5.92 Å². The molecule has 0 fully saturated rings. The van der Waals surface area contributed by atoms with Crippen molar-refractivity contribution in [1.82, 2.24) is 0 Å². The monoisotopic (exact) mass is 234 g/mol. The van der Waals surface area contributed by atoms with Crippen molar-refractivity contribution >= 4 is 27.4 Å². The Morgan fingerprint density at radius 3 is 2.75 bits per heavy atom. The number of benzene rings is 1. The fourth-order valence-corrected chi connectivity index (χ4v) is 2.87. The van der Waals surface area contributed by atoms with E-state index in [9.17, 15) is 4.79 Å². The van der Waals surface area contributed by atoms with Crippen molar-refractivity contribution in [3.63, 3.8) is 0 Å². The number of rotatable bonds is 3. The van der Waals surface area contributed by atoms with E-state index >= 15 is 0 Å². The highest BCUT2D eigenvalue weighted by Crippen LogP contribution is 2.33. The van der Waals surface area contributed by atoms with Crippen LogP contribution in [0.1, 0.15) is 25.3 Å². The smallest absolute Gasteiger partial charge is 0.306 e. The Kier molecular flexibility index (Phi) is 2.97. The van der Waals surface area contributed by atoms with Crippen molar-refractivity contribution in [3.8, 4) is 0 Å². The van der Waals surface area contributed by atoms with E-state index in [1.54, 1.807) is 18.3 Å². The van der Waals surface area contributed by atoms with Crippen LogP contribution in [0.3, 0.4) is 0 Å². The fraction of sp³-hybridized carbons (Fsp3) is 0.308. The Balaban J connectivity index is 2.46. The Labute approximate surface area is 98.5 Å². The van der Waals surface area contributed by atoms with Crippen LogP contribution in [0.5, 0.6) is 0 Å². The summed E-state index contributed by atoms with van der Waals surface area (Å²) < 4.78 is 1.21. The molecule has 16 heavy (non-hydrogen) atoms. The van der Waals surface area contributed by atoms with Crippen molar-refractivity contribution in [2.45, 2.75) is 19.8 Å². The molecular formula is C13H14O2S. The molecule has 2 nitrogen and oxygen atoms in total. The van der Waals surface area contributed by atoms with Crippen LogP contribution in [-0.4, -0.2) is 11.1 Å². The molecule has 2 aromatic rings. The van der Waals surface area contributed by atoms with Gasteiger partial charge in [0.15, 0.2) is 0 Å². The van der Waals surface area contributed by atoms with Crippen LogP contribution in [-0.2, 0) is 4.79 Å². The van der Waals surface area contributed by atoms with Crippen LogP contribution in [0.4, 0.5) is 0 Å². The van der Waals surface area contributed by atoms with Gasteiger partial charge in [-0.25, -0.2) is 0 Å². The van der Waals surface area contributed by atoms with E-state index in [1.807, 2.05) is 24.4 Å². The molecule has 2 rings (SSSR count). The molecule has 0 aliphatic carbocycles. The molecule has 3 heteroatoms. The largest absolute Gasteiger partial charge is 0.481 e. The Bertz CT molecular complexity index is 515. The van der Waals surface area contributed by atoms with E-state index in [0.717, 1.165) is 5.56 Å². The molecule has 0 aliphatic heterocycles. The number of carboxylic acids is 1. The molecule has 0 amide bonds. The lowest BCUT2D eigenvalue weighted by molar-refractivity contribution is -0.141. The van der Waals surface area contributed by atoms with E-state index in [2.05, 4.69) is 12.1 Å². The van der Waals surface area contributed by atoms with Gasteiger partial charge in [-0.3, -0.25) is 4.79 Å². The summed E-state index contributed by atoms with van der Waals surface area (Å²) in [6.45, 7) is 3.74. The van der Waals surface area contributed by atoms with Crippen LogP contribution in [0.2, 0.25) is 0 Å². The summed E-state index contributed by atoms with van der Waals surface area (Å²) in [5.74, 6) is -1.05. The van der Waals surface area contributed by atoms with Crippen LogP contribution in [0.15, 0.2) is 29.6 Å². The zero-order chi connectivity index (χ0) is 11.7. The minimum atomic E-state index is -0.735. The summed E-state index contributed by atoms with van der Waals surface area (Å²) in [5, 5.41) is 12.3. The van der Waals surface area contributed by atoms with Gasteiger partial charge in [-0.15, -0.1) is 11.3 Å². The second kappa shape index (κ2) is 4.26. The predicted molar refractivity (Wildman–Crippen MR) is 67.0 cm³/mol. The highest BCUT2D eigenvalue weighted by Gasteiger charge is 2.22. The summed E-state index contributed by atoms with van der Waals surface area (Å²) in [5.41, 5.74) is 1.14. The van der Waals surface area contributed by atoms with Gasteiger partial charge in [-0.1, -0.05) is 32.0 Å². The first-order chi connectivity index (χ1) is 7.61. The summed E-state index contributed by atoms with van der Waals surface area (Å²) in [7, 11) is 0. The molecule has 2 atom stereocenters. The topological polar surface area (TPSA) is 37.3 Å². The maximum absolute atomic E-state index is 11.0. The van der Waals surface area contributed by atoms with Gasteiger partial charge in [0.2, 0.25) is 0 Å². The van der Waals surface area contributed by atoms with Gasteiger partial charge >= 0.3 is 5.97 Å². The Hall–Kier alpha value is -1.35. The number of hydrogen-bond acceptors (Lipinski definition) is 2. The lowest BCUT2D eigenvalue weighted by Gasteiger charge is -2.17. The highest BCUT2D eigenvalue weighted by molar-refractivity contribution is 7.17. The SMILES string of the molecule is CC(C(=O)O)C(C)c1cccc2ccsc12. The average molecular weight is 234 g/mol. The van der Waals surface area contributed by atoms with E-state index in [4.69, 9.17) is 5.11 Å². The fourth-order valence-electron chi connectivity index (χ4n) is 1.86. The lowest BCUT2D eigenvalue weighted by atomic mass is 9.88. The zero-order valence-electron chi connectivity index (χ0n) is 9.31. The first kappa shape index (κ1) is 11.1. The first-order valence-electron chi connectivity index (χ1n) is 5.30. The standard InChI is InChI=1S/C13H14O2S/c1-8(9(2)13(14)15)11-5-3-4-10-6-7-16-12(10)11/h3-9H,1-2H3,(H,14,15). The summed E-state index contributed by atoms with van der Waals surface area (Å²) in [6, 6.07) is 8.16. The molecule has 0 saturated carbocycles. The average Bonchev–Trinajstić information content (AvgIpc) is 2.74. The summed E-state index contributed by atoms with van der Waals surface area (Å²) in [4.78, 5) is 11.0. The molecule has 1 aromatic heterocycles. The molecule has 0 saturated heterocycles. The number of carbonyl (C=O) groups is 1. The van der Waals surface area contributed by atoms with E-state index in [0.29, 0.717) is 0 Å². The third-order valence-corrected chi connectivity index (χ3v) is 4.12. The third kappa shape index (κ3) is 1.83. The second-order valence-corrected chi connectivity index (χ2v) is 5.02. The van der Waals surface area contributed by atoms with Gasteiger partial charge in [-0.05, 0) is 28.3 Å². The van der Waals surface area contributed by atoms with Crippen molar-refractivity contribution in [1.29, 1.82) is 0 Å². The van der Waals surface area contributed by atoms with Crippen molar-refractivity contribution < 1.29 is 9.90 Å². The molecule has 0 radical (unpaired) electrons. The van der Waals surface area contributed by atoms with Gasteiger partial charge in [0.1, 0.15) is 0 Å². The van der Waals surface area contributed by atoms with E-state index < -0.39 is 5.97 Å². The number of thiophene rings is 1. The molecule has 1 heterocycles. The Morgan fingerprint density at radius 1 is 1.31 bits per heavy atom. The van der Waals surface area contributed by atoms with Gasteiger partial charge in [0, 0.05) is 4.70 Å². The van der Waals surface area contributed by atoms with Gasteiger partial charge in [-0.2, -0.15) is 0 Å². The van der Waals surface area contributed by atoms with Crippen molar-refractivity contribution in [3.05, 3.63) is 35.2 Å². The molecule has 0 spiro atoms. The molecule has 1 aromatic carbocycles. The van der Waals surface area contributed by atoms with Crippen LogP contribution in [0, 0.1) is 5.92 Å². The minimum Gasteiger partial charge on any atom is -0.481 e. The second-order valence-electron chi connectivity index (χ2n) is 4.10. The van der Waals surface area contributed by atoms with Crippen LogP contribution in [0.25, 0.3) is 10.1 Å². The van der Waals surface area contributed by atoms with Gasteiger partial charge < -0.3 is 5.11 Å². The molecule has 1 N–H and O–H groups in total. The molecule has 0 aliphatic rings. The molecule has 2 unspecified atom stereocenters. The third-order valence-electron chi connectivity index (χ3n) is 3.14. The van der Waals surface area contributed by atoms with E-state index in [1.165, 1.54) is 10.1 Å². The minimum absolute atomic E-state index is 0.0415. The van der Waals surface area contributed by atoms with Crippen molar-refractivity contribution in [2.75, 3.05) is 0 Å². The van der Waals surface area contributed by atoms with Crippen LogP contribution >= 0.6 is 11.3 Å². The number of hydrogen-bond donors (Lipinski definition) is 1. The van der Waals surface area contributed by atoms with Gasteiger partial charge in [0.25, 0.3) is 0 Å². The maximum atomic E-state index is 11.0. The lowest BCUT2D eigenvalue weighted by Crippen LogP contribution is -2.16. The molecule has 0 bridgehead atoms.